The maximum absolute atomic E-state index is 12.9. The van der Waals surface area contributed by atoms with Gasteiger partial charge in [0.2, 0.25) is 11.8 Å². The van der Waals surface area contributed by atoms with Crippen molar-refractivity contribution < 1.29 is 23.9 Å². The summed E-state index contributed by atoms with van der Waals surface area (Å²) in [5, 5.41) is 2.34. The number of fused-ring (bicyclic) bond motifs is 1. The number of carbonyl (C=O) groups is 3. The topological polar surface area (TPSA) is 88.2 Å². The molecule has 2 saturated heterocycles. The lowest BCUT2D eigenvalue weighted by atomic mass is 10.0. The van der Waals surface area contributed by atoms with Gasteiger partial charge in [-0.25, -0.2) is 0 Å². The largest absolute Gasteiger partial charge is 0.496 e. The Bertz CT molecular complexity index is 1130. The summed E-state index contributed by atoms with van der Waals surface area (Å²) in [6.45, 7) is 2.75. The molecule has 3 aliphatic heterocycles. The lowest BCUT2D eigenvalue weighted by Gasteiger charge is -2.35. The fraction of sp³-hybridized carbons (Fsp3) is 0.444. The maximum atomic E-state index is 12.9. The SMILES string of the molecule is COc1ccccc1CN1CCCC[C@H]1COc1ccc2c(c1)CN(C1CCC(=O)NC1=O)C2=O. The van der Waals surface area contributed by atoms with E-state index < -0.39 is 11.9 Å². The number of benzene rings is 2. The molecule has 3 aliphatic rings. The minimum atomic E-state index is -0.609. The molecule has 2 aromatic rings. The summed E-state index contributed by atoms with van der Waals surface area (Å²) in [5.41, 5.74) is 2.62. The Balaban J connectivity index is 1.23. The van der Waals surface area contributed by atoms with Crippen LogP contribution >= 0.6 is 0 Å². The Labute approximate surface area is 205 Å². The molecule has 0 saturated carbocycles. The number of nitrogens with one attached hydrogen (secondary N) is 1. The number of rotatable bonds is 7. The first-order valence-corrected chi connectivity index (χ1v) is 12.3. The van der Waals surface area contributed by atoms with Gasteiger partial charge in [-0.2, -0.15) is 0 Å². The van der Waals surface area contributed by atoms with Gasteiger partial charge in [0.15, 0.2) is 0 Å². The summed E-state index contributed by atoms with van der Waals surface area (Å²) < 4.78 is 11.8. The van der Waals surface area contributed by atoms with Gasteiger partial charge in [-0.15, -0.1) is 0 Å². The summed E-state index contributed by atoms with van der Waals surface area (Å²) in [6.07, 6.45) is 4.02. The predicted molar refractivity (Wildman–Crippen MR) is 129 cm³/mol. The monoisotopic (exact) mass is 477 g/mol. The third-order valence-corrected chi connectivity index (χ3v) is 7.25. The van der Waals surface area contributed by atoms with Gasteiger partial charge >= 0.3 is 0 Å². The zero-order valence-electron chi connectivity index (χ0n) is 20.0. The van der Waals surface area contributed by atoms with Crippen LogP contribution < -0.4 is 14.8 Å². The highest BCUT2D eigenvalue weighted by atomic mass is 16.5. The van der Waals surface area contributed by atoms with Crippen molar-refractivity contribution in [1.82, 2.24) is 15.1 Å². The quantitative estimate of drug-likeness (QED) is 0.617. The number of ether oxygens (including phenoxy) is 2. The van der Waals surface area contributed by atoms with Crippen LogP contribution in [0.4, 0.5) is 0 Å². The van der Waals surface area contributed by atoms with E-state index in [0.29, 0.717) is 31.2 Å². The van der Waals surface area contributed by atoms with Gasteiger partial charge in [0, 0.05) is 36.7 Å². The highest BCUT2D eigenvalue weighted by Crippen LogP contribution is 2.31. The number of para-hydroxylation sites is 1. The van der Waals surface area contributed by atoms with Crippen molar-refractivity contribution in [2.75, 3.05) is 20.3 Å². The molecule has 0 spiro atoms. The van der Waals surface area contributed by atoms with E-state index in [1.807, 2.05) is 30.3 Å². The second-order valence-corrected chi connectivity index (χ2v) is 9.46. The van der Waals surface area contributed by atoms with Crippen LogP contribution in [0.15, 0.2) is 42.5 Å². The minimum Gasteiger partial charge on any atom is -0.496 e. The molecule has 2 atom stereocenters. The van der Waals surface area contributed by atoms with E-state index >= 15 is 0 Å². The highest BCUT2D eigenvalue weighted by Gasteiger charge is 2.39. The van der Waals surface area contributed by atoms with E-state index in [2.05, 4.69) is 16.3 Å². The summed E-state index contributed by atoms with van der Waals surface area (Å²) in [4.78, 5) is 40.7. The van der Waals surface area contributed by atoms with E-state index in [4.69, 9.17) is 9.47 Å². The van der Waals surface area contributed by atoms with Crippen LogP contribution in [0.5, 0.6) is 11.5 Å². The predicted octanol–water partition coefficient (Wildman–Crippen LogP) is 2.89. The van der Waals surface area contributed by atoms with Gasteiger partial charge in [-0.05, 0) is 55.6 Å². The molecule has 35 heavy (non-hydrogen) atoms. The minimum absolute atomic E-state index is 0.170. The van der Waals surface area contributed by atoms with Crippen molar-refractivity contribution in [2.24, 2.45) is 0 Å². The zero-order chi connectivity index (χ0) is 24.4. The molecule has 8 heteroatoms. The molecule has 1 N–H and O–H groups in total. The van der Waals surface area contributed by atoms with Gasteiger partial charge in [0.25, 0.3) is 5.91 Å². The van der Waals surface area contributed by atoms with Gasteiger partial charge in [-0.3, -0.25) is 24.6 Å². The first-order valence-electron chi connectivity index (χ1n) is 12.3. The molecule has 0 radical (unpaired) electrons. The Hall–Kier alpha value is -3.39. The van der Waals surface area contributed by atoms with Crippen molar-refractivity contribution in [3.05, 3.63) is 59.2 Å². The molecule has 5 rings (SSSR count). The molecular formula is C27H31N3O5. The van der Waals surface area contributed by atoms with E-state index in [9.17, 15) is 14.4 Å². The van der Waals surface area contributed by atoms with Crippen molar-refractivity contribution in [1.29, 1.82) is 0 Å². The van der Waals surface area contributed by atoms with E-state index in [-0.39, 0.29) is 18.2 Å². The average Bonchev–Trinajstić information content (AvgIpc) is 3.19. The number of amides is 3. The summed E-state index contributed by atoms with van der Waals surface area (Å²) in [5.74, 6) is 0.780. The van der Waals surface area contributed by atoms with Gasteiger partial charge < -0.3 is 14.4 Å². The van der Waals surface area contributed by atoms with Gasteiger partial charge in [0.1, 0.15) is 24.1 Å². The normalized spacial score (nSPS) is 22.7. The maximum Gasteiger partial charge on any atom is 0.255 e. The Kier molecular flexibility index (Phi) is 6.72. The van der Waals surface area contributed by atoms with E-state index in [1.165, 1.54) is 18.4 Å². The van der Waals surface area contributed by atoms with Crippen LogP contribution in [-0.2, 0) is 22.7 Å². The molecule has 8 nitrogen and oxygen atoms in total. The molecule has 3 amide bonds. The summed E-state index contributed by atoms with van der Waals surface area (Å²) in [7, 11) is 1.70. The number of carbonyl (C=O) groups excluding carboxylic acids is 3. The number of hydrogen-bond donors (Lipinski definition) is 1. The summed E-state index contributed by atoms with van der Waals surface area (Å²) >= 11 is 0. The zero-order valence-corrected chi connectivity index (χ0v) is 20.0. The number of nitrogens with zero attached hydrogens (tertiary/aromatic N) is 2. The standard InChI is InChI=1S/C27H31N3O5/c1-34-24-8-3-2-6-18(24)15-29-13-5-4-7-20(29)17-35-21-9-10-22-19(14-21)16-30(27(22)33)23-11-12-25(31)28-26(23)32/h2-3,6,8-10,14,20,23H,4-5,7,11-13,15-17H2,1H3,(H,28,31,32)/t20-,23?/m0/s1. The third kappa shape index (κ3) is 4.89. The van der Waals surface area contributed by atoms with E-state index in [1.54, 1.807) is 18.1 Å². The number of piperidine rings is 2. The molecule has 2 fully saturated rings. The van der Waals surface area contributed by atoms with Crippen LogP contribution in [0, 0.1) is 0 Å². The molecule has 1 unspecified atom stereocenters. The van der Waals surface area contributed by atoms with Crippen LogP contribution in [-0.4, -0.2) is 59.9 Å². The van der Waals surface area contributed by atoms with Crippen LogP contribution in [0.1, 0.15) is 53.6 Å². The smallest absolute Gasteiger partial charge is 0.255 e. The lowest BCUT2D eigenvalue weighted by molar-refractivity contribution is -0.136. The Morgan fingerprint density at radius 3 is 2.74 bits per heavy atom. The highest BCUT2D eigenvalue weighted by molar-refractivity contribution is 6.05. The van der Waals surface area contributed by atoms with Crippen molar-refractivity contribution in [3.8, 4) is 11.5 Å². The van der Waals surface area contributed by atoms with Crippen molar-refractivity contribution in [2.45, 2.75) is 57.3 Å². The average molecular weight is 478 g/mol. The van der Waals surface area contributed by atoms with Crippen LogP contribution in [0.25, 0.3) is 0 Å². The molecular weight excluding hydrogens is 446 g/mol. The second kappa shape index (κ2) is 10.1. The van der Waals surface area contributed by atoms with Crippen molar-refractivity contribution in [3.63, 3.8) is 0 Å². The molecule has 184 valence electrons. The molecule has 0 aromatic heterocycles. The fourth-order valence-corrected chi connectivity index (χ4v) is 5.34. The molecule has 0 aliphatic carbocycles. The van der Waals surface area contributed by atoms with Gasteiger partial charge in [-0.1, -0.05) is 24.6 Å². The number of hydrogen-bond acceptors (Lipinski definition) is 6. The Morgan fingerprint density at radius 2 is 1.91 bits per heavy atom. The lowest BCUT2D eigenvalue weighted by Crippen LogP contribution is -2.52. The fourth-order valence-electron chi connectivity index (χ4n) is 5.34. The second-order valence-electron chi connectivity index (χ2n) is 9.46. The van der Waals surface area contributed by atoms with Gasteiger partial charge in [0.05, 0.1) is 7.11 Å². The van der Waals surface area contributed by atoms with E-state index in [0.717, 1.165) is 36.6 Å². The molecule has 3 heterocycles. The Morgan fingerprint density at radius 1 is 1.06 bits per heavy atom. The number of likely N-dealkylation sites (tertiary alicyclic amines) is 1. The molecule has 2 aromatic carbocycles. The van der Waals surface area contributed by atoms with Crippen LogP contribution in [0.3, 0.4) is 0 Å². The number of methoxy groups -OCH3 is 1. The third-order valence-electron chi connectivity index (χ3n) is 7.25. The first-order chi connectivity index (χ1) is 17.0. The number of imide groups is 1. The van der Waals surface area contributed by atoms with Crippen LogP contribution in [0.2, 0.25) is 0 Å². The molecule has 0 bridgehead atoms. The van der Waals surface area contributed by atoms with Crippen molar-refractivity contribution >= 4 is 17.7 Å². The summed E-state index contributed by atoms with van der Waals surface area (Å²) in [6, 6.07) is 13.3. The first kappa shape index (κ1) is 23.4.